The number of nitrogens with zero attached hydrogens (tertiary/aromatic N) is 3. The Kier molecular flexibility index (Phi) is 5.17. The Labute approximate surface area is 124 Å². The second-order valence-corrected chi connectivity index (χ2v) is 5.47. The highest BCUT2D eigenvalue weighted by Crippen LogP contribution is 2.17. The van der Waals surface area contributed by atoms with Gasteiger partial charge in [-0.1, -0.05) is 0 Å². The van der Waals surface area contributed by atoms with Crippen LogP contribution in [0.4, 0.5) is 0 Å². The van der Waals surface area contributed by atoms with E-state index in [9.17, 15) is 4.79 Å². The number of piperidine rings is 1. The lowest BCUT2D eigenvalue weighted by Crippen LogP contribution is -2.44. The molecule has 1 aromatic heterocycles. The summed E-state index contributed by atoms with van der Waals surface area (Å²) < 4.78 is 5.83. The van der Waals surface area contributed by atoms with E-state index >= 15 is 0 Å². The van der Waals surface area contributed by atoms with Crippen LogP contribution in [0.2, 0.25) is 0 Å². The van der Waals surface area contributed by atoms with Gasteiger partial charge in [-0.15, -0.1) is 11.6 Å². The minimum absolute atomic E-state index is 0.0378. The van der Waals surface area contributed by atoms with E-state index in [1.165, 1.54) is 0 Å². The zero-order valence-corrected chi connectivity index (χ0v) is 12.7. The molecule has 0 aliphatic carbocycles. The Morgan fingerprint density at radius 2 is 2.15 bits per heavy atom. The maximum absolute atomic E-state index is 11.9. The van der Waals surface area contributed by atoms with E-state index in [1.807, 2.05) is 24.8 Å². The summed E-state index contributed by atoms with van der Waals surface area (Å²) >= 11 is 5.62. The minimum Gasteiger partial charge on any atom is -0.458 e. The van der Waals surface area contributed by atoms with Gasteiger partial charge < -0.3 is 9.64 Å². The Morgan fingerprint density at radius 3 is 2.80 bits per heavy atom. The van der Waals surface area contributed by atoms with Crippen molar-refractivity contribution in [3.63, 3.8) is 0 Å². The number of alkyl halides is 1. The Balaban J connectivity index is 1.97. The summed E-state index contributed by atoms with van der Waals surface area (Å²) in [5, 5.41) is 0. The number of aromatic nitrogens is 2. The number of ether oxygens (including phenoxy) is 1. The average Bonchev–Trinajstić information content (AvgIpc) is 2.38. The van der Waals surface area contributed by atoms with Gasteiger partial charge in [0, 0.05) is 30.2 Å². The second-order valence-electron chi connectivity index (χ2n) is 5.09. The molecular weight excluding hydrogens is 278 g/mol. The van der Waals surface area contributed by atoms with Crippen LogP contribution in [0.3, 0.4) is 0 Å². The first kappa shape index (κ1) is 15.0. The van der Waals surface area contributed by atoms with Crippen LogP contribution in [0.25, 0.3) is 0 Å². The number of amides is 1. The maximum Gasteiger partial charge on any atom is 0.317 e. The summed E-state index contributed by atoms with van der Waals surface area (Å²) in [7, 11) is 0. The SMILES string of the molecule is Cc1cc(C)nc(OC2CCCN(C(=O)CCCl)C2)n1. The first-order chi connectivity index (χ1) is 9.58. The van der Waals surface area contributed by atoms with Crippen molar-refractivity contribution in [2.45, 2.75) is 39.2 Å². The highest BCUT2D eigenvalue weighted by atomic mass is 35.5. The van der Waals surface area contributed by atoms with E-state index in [0.717, 1.165) is 30.8 Å². The van der Waals surface area contributed by atoms with Crippen molar-refractivity contribution in [2.24, 2.45) is 0 Å². The van der Waals surface area contributed by atoms with Gasteiger partial charge in [-0.05, 0) is 32.8 Å². The summed E-state index contributed by atoms with van der Waals surface area (Å²) in [6.45, 7) is 5.20. The van der Waals surface area contributed by atoms with Gasteiger partial charge in [0.1, 0.15) is 6.10 Å². The van der Waals surface area contributed by atoms with Gasteiger partial charge in [-0.2, -0.15) is 0 Å². The molecule has 1 amide bonds. The Morgan fingerprint density at radius 1 is 1.45 bits per heavy atom. The van der Waals surface area contributed by atoms with Crippen LogP contribution in [-0.4, -0.2) is 45.8 Å². The highest BCUT2D eigenvalue weighted by molar-refractivity contribution is 6.18. The fourth-order valence-electron chi connectivity index (χ4n) is 2.40. The molecule has 1 fully saturated rings. The number of hydrogen-bond donors (Lipinski definition) is 0. The number of hydrogen-bond acceptors (Lipinski definition) is 4. The summed E-state index contributed by atoms with van der Waals surface area (Å²) in [6.07, 6.45) is 2.20. The molecule has 0 aromatic carbocycles. The van der Waals surface area contributed by atoms with E-state index < -0.39 is 0 Å². The molecule has 0 saturated carbocycles. The van der Waals surface area contributed by atoms with Crippen molar-refractivity contribution < 1.29 is 9.53 Å². The normalized spacial score (nSPS) is 18.9. The number of carbonyl (C=O) groups is 1. The lowest BCUT2D eigenvalue weighted by Gasteiger charge is -2.32. The molecule has 1 aliphatic rings. The van der Waals surface area contributed by atoms with E-state index in [-0.39, 0.29) is 12.0 Å². The molecule has 2 heterocycles. The van der Waals surface area contributed by atoms with Crippen LogP contribution in [0, 0.1) is 13.8 Å². The van der Waals surface area contributed by atoms with Crippen molar-refractivity contribution in [1.82, 2.24) is 14.9 Å². The summed E-state index contributed by atoms with van der Waals surface area (Å²) in [4.78, 5) is 22.2. The molecule has 110 valence electrons. The number of halogens is 1. The molecule has 20 heavy (non-hydrogen) atoms. The zero-order chi connectivity index (χ0) is 14.5. The largest absolute Gasteiger partial charge is 0.458 e. The summed E-state index contributed by atoms with van der Waals surface area (Å²) in [5.74, 6) is 0.454. The fourth-order valence-corrected chi connectivity index (χ4v) is 2.56. The Hall–Kier alpha value is -1.36. The van der Waals surface area contributed by atoms with Gasteiger partial charge in [0.15, 0.2) is 0 Å². The molecule has 2 rings (SSSR count). The highest BCUT2D eigenvalue weighted by Gasteiger charge is 2.25. The first-order valence-corrected chi connectivity index (χ1v) is 7.44. The monoisotopic (exact) mass is 297 g/mol. The maximum atomic E-state index is 11.9. The smallest absolute Gasteiger partial charge is 0.317 e. The number of carbonyl (C=O) groups excluding carboxylic acids is 1. The van der Waals surface area contributed by atoms with Crippen LogP contribution in [0.15, 0.2) is 6.07 Å². The topological polar surface area (TPSA) is 55.3 Å². The third-order valence-corrected chi connectivity index (χ3v) is 3.46. The molecule has 6 heteroatoms. The van der Waals surface area contributed by atoms with Gasteiger partial charge >= 0.3 is 6.01 Å². The zero-order valence-electron chi connectivity index (χ0n) is 11.9. The van der Waals surface area contributed by atoms with Crippen LogP contribution >= 0.6 is 11.6 Å². The van der Waals surface area contributed by atoms with Crippen molar-refractivity contribution in [3.05, 3.63) is 17.5 Å². The molecule has 0 radical (unpaired) electrons. The molecule has 1 unspecified atom stereocenters. The lowest BCUT2D eigenvalue weighted by atomic mass is 10.1. The van der Waals surface area contributed by atoms with Crippen LogP contribution in [0.5, 0.6) is 6.01 Å². The lowest BCUT2D eigenvalue weighted by molar-refractivity contribution is -0.133. The van der Waals surface area contributed by atoms with Gasteiger partial charge in [-0.25, -0.2) is 9.97 Å². The first-order valence-electron chi connectivity index (χ1n) is 6.91. The van der Waals surface area contributed by atoms with Gasteiger partial charge in [0.2, 0.25) is 5.91 Å². The van der Waals surface area contributed by atoms with Crippen molar-refractivity contribution in [3.8, 4) is 6.01 Å². The van der Waals surface area contributed by atoms with E-state index in [1.54, 1.807) is 0 Å². The molecule has 1 aliphatic heterocycles. The molecule has 0 spiro atoms. The van der Waals surface area contributed by atoms with Crippen molar-refractivity contribution in [2.75, 3.05) is 19.0 Å². The molecular formula is C14H20ClN3O2. The van der Waals surface area contributed by atoms with Crippen molar-refractivity contribution in [1.29, 1.82) is 0 Å². The standard InChI is InChI=1S/C14H20ClN3O2/c1-10-8-11(2)17-14(16-10)20-12-4-3-7-18(9-12)13(19)5-6-15/h8,12H,3-7,9H2,1-2H3. The third-order valence-electron chi connectivity index (χ3n) is 3.27. The summed E-state index contributed by atoms with van der Waals surface area (Å²) in [5.41, 5.74) is 1.77. The van der Waals surface area contributed by atoms with Gasteiger partial charge in [0.25, 0.3) is 0 Å². The quantitative estimate of drug-likeness (QED) is 0.799. The van der Waals surface area contributed by atoms with E-state index in [2.05, 4.69) is 9.97 Å². The van der Waals surface area contributed by atoms with Crippen LogP contribution in [-0.2, 0) is 4.79 Å². The van der Waals surface area contributed by atoms with Gasteiger partial charge in [0.05, 0.1) is 6.54 Å². The van der Waals surface area contributed by atoms with E-state index in [4.69, 9.17) is 16.3 Å². The summed E-state index contributed by atoms with van der Waals surface area (Å²) in [6, 6.07) is 2.31. The second kappa shape index (κ2) is 6.88. The van der Waals surface area contributed by atoms with Crippen LogP contribution in [0.1, 0.15) is 30.7 Å². The Bertz CT molecular complexity index is 461. The van der Waals surface area contributed by atoms with E-state index in [0.29, 0.717) is 24.9 Å². The van der Waals surface area contributed by atoms with Gasteiger partial charge in [-0.3, -0.25) is 4.79 Å². The average molecular weight is 298 g/mol. The number of aryl methyl sites for hydroxylation is 2. The number of likely N-dealkylation sites (tertiary alicyclic amines) is 1. The van der Waals surface area contributed by atoms with Crippen molar-refractivity contribution >= 4 is 17.5 Å². The minimum atomic E-state index is -0.0378. The number of rotatable bonds is 4. The fraction of sp³-hybridized carbons (Fsp3) is 0.643. The molecule has 1 atom stereocenters. The predicted octanol–water partition coefficient (Wildman–Crippen LogP) is 2.09. The molecule has 1 aromatic rings. The molecule has 0 bridgehead atoms. The predicted molar refractivity (Wildman–Crippen MR) is 77.1 cm³/mol. The molecule has 5 nitrogen and oxygen atoms in total. The molecule has 1 saturated heterocycles. The third kappa shape index (κ3) is 4.07. The van der Waals surface area contributed by atoms with Crippen LogP contribution < -0.4 is 4.74 Å². The molecule has 0 N–H and O–H groups in total.